The standard InChI is InChI=1S/C15H7N3O4S/c19-13-8-3-1-2-4-9(8)14(20)18(13)22-15(21)11-10-5-6-23-12(10)17-7-16-11/h1-7H. The molecular weight excluding hydrogens is 318 g/mol. The molecule has 1 aromatic carbocycles. The number of hydrogen-bond acceptors (Lipinski definition) is 7. The quantitative estimate of drug-likeness (QED) is 0.670. The molecule has 0 unspecified atom stereocenters. The number of nitrogens with zero attached hydrogens (tertiary/aromatic N) is 3. The van der Waals surface area contributed by atoms with Crippen LogP contribution in [0.5, 0.6) is 0 Å². The van der Waals surface area contributed by atoms with E-state index in [0.29, 0.717) is 15.3 Å². The van der Waals surface area contributed by atoms with Crippen molar-refractivity contribution in [1.82, 2.24) is 15.0 Å². The number of rotatable bonds is 2. The van der Waals surface area contributed by atoms with Gasteiger partial charge < -0.3 is 4.84 Å². The fourth-order valence-corrected chi connectivity index (χ4v) is 3.06. The van der Waals surface area contributed by atoms with Crippen molar-refractivity contribution in [2.45, 2.75) is 0 Å². The second-order valence-electron chi connectivity index (χ2n) is 4.69. The van der Waals surface area contributed by atoms with Crippen LogP contribution < -0.4 is 0 Å². The monoisotopic (exact) mass is 325 g/mol. The predicted molar refractivity (Wildman–Crippen MR) is 79.8 cm³/mol. The van der Waals surface area contributed by atoms with E-state index in [-0.39, 0.29) is 16.8 Å². The summed E-state index contributed by atoms with van der Waals surface area (Å²) >= 11 is 1.35. The minimum absolute atomic E-state index is 0.00723. The SMILES string of the molecule is O=C(ON1C(=O)c2ccccc2C1=O)c1ncnc2sccc12. The maximum atomic E-state index is 12.3. The third kappa shape index (κ3) is 2.00. The lowest BCUT2D eigenvalue weighted by molar-refractivity contribution is -0.0587. The number of imide groups is 1. The average molecular weight is 325 g/mol. The summed E-state index contributed by atoms with van der Waals surface area (Å²) in [7, 11) is 0. The van der Waals surface area contributed by atoms with Gasteiger partial charge in [0.1, 0.15) is 11.2 Å². The Morgan fingerprint density at radius 2 is 1.74 bits per heavy atom. The van der Waals surface area contributed by atoms with Crippen LogP contribution in [-0.4, -0.2) is 32.8 Å². The highest BCUT2D eigenvalue weighted by Crippen LogP contribution is 2.25. The Bertz CT molecular complexity index is 947. The highest BCUT2D eigenvalue weighted by atomic mass is 32.1. The minimum atomic E-state index is -0.884. The molecular formula is C15H7N3O4S. The molecule has 2 amide bonds. The Morgan fingerprint density at radius 1 is 1.04 bits per heavy atom. The second kappa shape index (κ2) is 4.96. The molecule has 0 aliphatic carbocycles. The number of benzene rings is 1. The van der Waals surface area contributed by atoms with E-state index in [0.717, 1.165) is 0 Å². The summed E-state index contributed by atoms with van der Waals surface area (Å²) in [5.74, 6) is -2.23. The smallest absolute Gasteiger partial charge is 0.322 e. The Hall–Kier alpha value is -3.13. The van der Waals surface area contributed by atoms with Crippen molar-refractivity contribution in [3.05, 3.63) is 58.9 Å². The van der Waals surface area contributed by atoms with Gasteiger partial charge in [-0.05, 0) is 23.6 Å². The maximum absolute atomic E-state index is 12.3. The number of hydroxylamine groups is 2. The fourth-order valence-electron chi connectivity index (χ4n) is 2.33. The Balaban J connectivity index is 1.67. The summed E-state index contributed by atoms with van der Waals surface area (Å²) in [6.45, 7) is 0. The van der Waals surface area contributed by atoms with Gasteiger partial charge in [-0.2, -0.15) is 0 Å². The summed E-state index contributed by atoms with van der Waals surface area (Å²) in [6.07, 6.45) is 1.23. The maximum Gasteiger partial charge on any atom is 0.382 e. The summed E-state index contributed by atoms with van der Waals surface area (Å²) in [5.41, 5.74) is 0.412. The topological polar surface area (TPSA) is 89.5 Å². The number of aromatic nitrogens is 2. The van der Waals surface area contributed by atoms with Gasteiger partial charge in [-0.3, -0.25) is 9.59 Å². The van der Waals surface area contributed by atoms with Crippen LogP contribution in [0.1, 0.15) is 31.2 Å². The molecule has 0 saturated carbocycles. The molecule has 23 heavy (non-hydrogen) atoms. The molecule has 0 atom stereocenters. The van der Waals surface area contributed by atoms with Crippen LogP contribution in [0.2, 0.25) is 0 Å². The summed E-state index contributed by atoms with van der Waals surface area (Å²) in [4.78, 5) is 50.2. The zero-order valence-corrected chi connectivity index (χ0v) is 12.2. The van der Waals surface area contributed by atoms with Crippen molar-refractivity contribution in [3.63, 3.8) is 0 Å². The van der Waals surface area contributed by atoms with E-state index < -0.39 is 17.8 Å². The summed E-state index contributed by atoms with van der Waals surface area (Å²) in [5, 5.41) is 2.74. The van der Waals surface area contributed by atoms with Gasteiger partial charge in [-0.25, -0.2) is 14.8 Å². The van der Waals surface area contributed by atoms with E-state index in [1.54, 1.807) is 23.6 Å². The highest BCUT2D eigenvalue weighted by molar-refractivity contribution is 7.16. The molecule has 0 N–H and O–H groups in total. The van der Waals surface area contributed by atoms with Gasteiger partial charge in [0.05, 0.1) is 11.1 Å². The van der Waals surface area contributed by atoms with Crippen molar-refractivity contribution in [2.24, 2.45) is 0 Å². The number of thiophene rings is 1. The molecule has 3 aromatic rings. The van der Waals surface area contributed by atoms with Crippen LogP contribution in [0.4, 0.5) is 0 Å². The number of hydrogen-bond donors (Lipinski definition) is 0. The second-order valence-corrected chi connectivity index (χ2v) is 5.59. The molecule has 0 fully saturated rings. The van der Waals surface area contributed by atoms with E-state index in [1.165, 1.54) is 29.8 Å². The van der Waals surface area contributed by atoms with Crippen LogP contribution in [0.15, 0.2) is 42.0 Å². The van der Waals surface area contributed by atoms with Crippen molar-refractivity contribution in [2.75, 3.05) is 0 Å². The molecule has 1 aliphatic heterocycles. The van der Waals surface area contributed by atoms with Gasteiger partial charge >= 0.3 is 5.97 Å². The first-order valence-corrected chi connectivity index (χ1v) is 7.43. The Kier molecular flexibility index (Phi) is 2.91. The third-order valence-corrected chi connectivity index (χ3v) is 4.21. The van der Waals surface area contributed by atoms with Gasteiger partial charge in [0.2, 0.25) is 0 Å². The first-order chi connectivity index (χ1) is 11.2. The first kappa shape index (κ1) is 13.5. The summed E-state index contributed by atoms with van der Waals surface area (Å²) in [6, 6.07) is 7.96. The molecule has 3 heterocycles. The molecule has 0 spiro atoms. The zero-order valence-electron chi connectivity index (χ0n) is 11.4. The molecule has 112 valence electrons. The van der Waals surface area contributed by atoms with E-state index in [4.69, 9.17) is 4.84 Å². The van der Waals surface area contributed by atoms with Crippen LogP contribution in [-0.2, 0) is 4.84 Å². The average Bonchev–Trinajstić information content (AvgIpc) is 3.14. The number of fused-ring (bicyclic) bond motifs is 2. The van der Waals surface area contributed by atoms with Gasteiger partial charge in [0.25, 0.3) is 11.8 Å². The van der Waals surface area contributed by atoms with Crippen LogP contribution >= 0.6 is 11.3 Å². The van der Waals surface area contributed by atoms with Crippen LogP contribution in [0, 0.1) is 0 Å². The van der Waals surface area contributed by atoms with Gasteiger partial charge in [0.15, 0.2) is 5.69 Å². The molecule has 0 saturated heterocycles. The van der Waals surface area contributed by atoms with Gasteiger partial charge in [0, 0.05) is 5.39 Å². The van der Waals surface area contributed by atoms with E-state index in [1.807, 2.05) is 0 Å². The van der Waals surface area contributed by atoms with Gasteiger partial charge in [-0.1, -0.05) is 17.2 Å². The van der Waals surface area contributed by atoms with Crippen LogP contribution in [0.3, 0.4) is 0 Å². The van der Waals surface area contributed by atoms with E-state index >= 15 is 0 Å². The fraction of sp³-hybridized carbons (Fsp3) is 0. The number of amides is 2. The van der Waals surface area contributed by atoms with Crippen molar-refractivity contribution >= 4 is 39.3 Å². The first-order valence-electron chi connectivity index (χ1n) is 6.55. The summed E-state index contributed by atoms with van der Waals surface area (Å²) < 4.78 is 0. The lowest BCUT2D eigenvalue weighted by atomic mass is 10.1. The molecule has 7 nitrogen and oxygen atoms in total. The minimum Gasteiger partial charge on any atom is -0.322 e. The van der Waals surface area contributed by atoms with E-state index in [9.17, 15) is 14.4 Å². The zero-order chi connectivity index (χ0) is 16.0. The third-order valence-electron chi connectivity index (χ3n) is 3.39. The Morgan fingerprint density at radius 3 is 2.43 bits per heavy atom. The molecule has 0 radical (unpaired) electrons. The largest absolute Gasteiger partial charge is 0.382 e. The number of carbonyl (C=O) groups is 3. The van der Waals surface area contributed by atoms with Crippen LogP contribution in [0.25, 0.3) is 10.2 Å². The van der Waals surface area contributed by atoms with Crippen molar-refractivity contribution in [3.8, 4) is 0 Å². The Labute approximate surface area is 133 Å². The lowest BCUT2D eigenvalue weighted by Crippen LogP contribution is -2.33. The molecule has 4 rings (SSSR count). The van der Waals surface area contributed by atoms with E-state index in [2.05, 4.69) is 9.97 Å². The highest BCUT2D eigenvalue weighted by Gasteiger charge is 2.39. The van der Waals surface area contributed by atoms with Crippen molar-refractivity contribution in [1.29, 1.82) is 0 Å². The lowest BCUT2D eigenvalue weighted by Gasteiger charge is -2.12. The van der Waals surface area contributed by atoms with Crippen molar-refractivity contribution < 1.29 is 19.2 Å². The van der Waals surface area contributed by atoms with Gasteiger partial charge in [-0.15, -0.1) is 11.3 Å². The molecule has 1 aliphatic rings. The molecule has 2 aromatic heterocycles. The number of carbonyl (C=O) groups excluding carboxylic acids is 3. The predicted octanol–water partition coefficient (Wildman–Crippen LogP) is 2.06. The normalized spacial score (nSPS) is 13.5. The molecule has 0 bridgehead atoms. The molecule has 8 heteroatoms.